The van der Waals surface area contributed by atoms with E-state index < -0.39 is 0 Å². The van der Waals surface area contributed by atoms with Crippen LogP contribution in [0, 0.1) is 18.8 Å². The minimum absolute atomic E-state index is 0.0413. The van der Waals surface area contributed by atoms with Gasteiger partial charge in [-0.2, -0.15) is 0 Å². The second kappa shape index (κ2) is 5.17. The number of aliphatic hydroxyl groups is 1. The van der Waals surface area contributed by atoms with Crippen molar-refractivity contribution in [3.05, 3.63) is 17.6 Å². The van der Waals surface area contributed by atoms with Gasteiger partial charge in [0.25, 0.3) is 0 Å². The van der Waals surface area contributed by atoms with E-state index in [2.05, 4.69) is 16.8 Å². The maximum absolute atomic E-state index is 9.75. The lowest BCUT2D eigenvalue weighted by Gasteiger charge is -2.27. The van der Waals surface area contributed by atoms with Gasteiger partial charge in [0.2, 0.25) is 0 Å². The molecule has 4 atom stereocenters. The quantitative estimate of drug-likeness (QED) is 0.917. The number of aromatic nitrogens is 2. The molecule has 0 aromatic carbocycles. The molecule has 4 heterocycles. The number of anilines is 1. The first-order valence-corrected chi connectivity index (χ1v) is 8.53. The fourth-order valence-corrected chi connectivity index (χ4v) is 4.80. The Balaban J connectivity index is 1.65. The Morgan fingerprint density at radius 1 is 1.50 bits per heavy atom. The van der Waals surface area contributed by atoms with Crippen molar-refractivity contribution in [3.63, 3.8) is 0 Å². The summed E-state index contributed by atoms with van der Waals surface area (Å²) >= 11 is 0. The van der Waals surface area contributed by atoms with Gasteiger partial charge in [-0.05, 0) is 26.2 Å². The Labute approximate surface area is 131 Å². The van der Waals surface area contributed by atoms with Crippen molar-refractivity contribution in [2.75, 3.05) is 24.6 Å². The zero-order chi connectivity index (χ0) is 15.3. The highest BCUT2D eigenvalue weighted by atomic mass is 16.5. The lowest BCUT2D eigenvalue weighted by molar-refractivity contribution is 0.0128. The Morgan fingerprint density at radius 2 is 2.36 bits per heavy atom. The minimum atomic E-state index is -0.0413. The fourth-order valence-electron chi connectivity index (χ4n) is 4.80. The van der Waals surface area contributed by atoms with E-state index in [4.69, 9.17) is 9.72 Å². The number of fused-ring (bicyclic) bond motifs is 1. The van der Waals surface area contributed by atoms with Crippen LogP contribution in [-0.2, 0) is 11.2 Å². The molecule has 3 aliphatic heterocycles. The number of aryl methyl sites for hydroxylation is 2. The van der Waals surface area contributed by atoms with Crippen molar-refractivity contribution < 1.29 is 9.84 Å². The largest absolute Gasteiger partial charge is 0.396 e. The van der Waals surface area contributed by atoms with Crippen LogP contribution in [-0.4, -0.2) is 46.5 Å². The molecule has 1 aromatic rings. The zero-order valence-corrected chi connectivity index (χ0v) is 13.5. The number of nitrogens with zero attached hydrogens (tertiary/aromatic N) is 3. The summed E-state index contributed by atoms with van der Waals surface area (Å²) in [6, 6.07) is 0. The molecule has 0 unspecified atom stereocenters. The molecule has 5 nitrogen and oxygen atoms in total. The smallest absolute Gasteiger partial charge is 0.135 e. The molecule has 1 spiro atoms. The van der Waals surface area contributed by atoms with E-state index >= 15 is 0 Å². The van der Waals surface area contributed by atoms with Gasteiger partial charge in [-0.15, -0.1) is 0 Å². The third-order valence-corrected chi connectivity index (χ3v) is 5.78. The summed E-state index contributed by atoms with van der Waals surface area (Å²) in [6.45, 7) is 6.25. The summed E-state index contributed by atoms with van der Waals surface area (Å²) in [5.74, 6) is 2.66. The van der Waals surface area contributed by atoms with Crippen LogP contribution in [0.1, 0.15) is 37.6 Å². The van der Waals surface area contributed by atoms with Crippen LogP contribution >= 0.6 is 0 Å². The number of aliphatic hydroxyl groups excluding tert-OH is 1. The second-order valence-corrected chi connectivity index (χ2v) is 7.11. The van der Waals surface area contributed by atoms with Gasteiger partial charge in [-0.3, -0.25) is 0 Å². The molecular formula is C17H25N3O2. The van der Waals surface area contributed by atoms with Gasteiger partial charge in [0.05, 0.1) is 11.7 Å². The van der Waals surface area contributed by atoms with Crippen molar-refractivity contribution >= 4 is 5.82 Å². The van der Waals surface area contributed by atoms with E-state index in [9.17, 15) is 5.11 Å². The molecule has 1 aromatic heterocycles. The maximum Gasteiger partial charge on any atom is 0.135 e. The van der Waals surface area contributed by atoms with Crippen LogP contribution in [0.4, 0.5) is 5.82 Å². The van der Waals surface area contributed by atoms with Gasteiger partial charge in [0.1, 0.15) is 11.6 Å². The molecule has 0 radical (unpaired) electrons. The lowest BCUT2D eigenvalue weighted by atomic mass is 9.74. The molecule has 120 valence electrons. The van der Waals surface area contributed by atoms with Crippen molar-refractivity contribution in [1.29, 1.82) is 0 Å². The number of ether oxygens (including phenoxy) is 1. The van der Waals surface area contributed by atoms with E-state index in [1.807, 2.05) is 13.1 Å². The molecule has 3 aliphatic rings. The van der Waals surface area contributed by atoms with Crippen molar-refractivity contribution in [1.82, 2.24) is 9.97 Å². The molecule has 5 heteroatoms. The third-order valence-electron chi connectivity index (χ3n) is 5.78. The van der Waals surface area contributed by atoms with Crippen LogP contribution in [0.15, 0.2) is 6.20 Å². The SMILES string of the molecule is CCCc1cnc(C)nc1N1C[C@@H]2[C@H](CO)[C@H]3CC[C@]2(C1)O3. The number of hydrogen-bond acceptors (Lipinski definition) is 5. The highest BCUT2D eigenvalue weighted by molar-refractivity contribution is 5.49. The summed E-state index contributed by atoms with van der Waals surface area (Å²) in [7, 11) is 0. The predicted octanol–water partition coefficient (Wildman–Crippen LogP) is 1.71. The first-order chi connectivity index (χ1) is 10.7. The van der Waals surface area contributed by atoms with Crippen LogP contribution < -0.4 is 4.90 Å². The molecule has 1 N–H and O–H groups in total. The minimum Gasteiger partial charge on any atom is -0.396 e. The summed E-state index contributed by atoms with van der Waals surface area (Å²) in [4.78, 5) is 11.5. The molecule has 0 amide bonds. The van der Waals surface area contributed by atoms with Crippen LogP contribution in [0.25, 0.3) is 0 Å². The molecular weight excluding hydrogens is 278 g/mol. The predicted molar refractivity (Wildman–Crippen MR) is 83.9 cm³/mol. The van der Waals surface area contributed by atoms with Crippen LogP contribution in [0.2, 0.25) is 0 Å². The highest BCUT2D eigenvalue weighted by Crippen LogP contribution is 2.55. The molecule has 0 saturated carbocycles. The normalized spacial score (nSPS) is 36.1. The third kappa shape index (κ3) is 1.98. The number of hydrogen-bond donors (Lipinski definition) is 1. The molecule has 3 fully saturated rings. The summed E-state index contributed by atoms with van der Waals surface area (Å²) in [5.41, 5.74) is 1.19. The molecule has 3 saturated heterocycles. The summed E-state index contributed by atoms with van der Waals surface area (Å²) in [5, 5.41) is 9.75. The molecule has 4 rings (SSSR count). The molecule has 0 aliphatic carbocycles. The van der Waals surface area contributed by atoms with Gasteiger partial charge in [0, 0.05) is 43.3 Å². The van der Waals surface area contributed by atoms with Crippen molar-refractivity contribution in [2.45, 2.75) is 51.2 Å². The fraction of sp³-hybridized carbons (Fsp3) is 0.765. The monoisotopic (exact) mass is 303 g/mol. The van der Waals surface area contributed by atoms with Crippen molar-refractivity contribution in [2.24, 2.45) is 11.8 Å². The second-order valence-electron chi connectivity index (χ2n) is 7.11. The standard InChI is InChI=1S/C17H25N3O2/c1-3-4-12-7-18-11(2)19-16(12)20-8-14-13(9-21)15-5-6-17(14,10-20)22-15/h7,13-15,21H,3-6,8-10H2,1-2H3/t13-,14+,15+,17+/m0/s1. The van der Waals surface area contributed by atoms with Crippen LogP contribution in [0.3, 0.4) is 0 Å². The van der Waals surface area contributed by atoms with Gasteiger partial charge in [0.15, 0.2) is 0 Å². The van der Waals surface area contributed by atoms with Crippen molar-refractivity contribution in [3.8, 4) is 0 Å². The maximum atomic E-state index is 9.75. The Hall–Kier alpha value is -1.20. The van der Waals surface area contributed by atoms with Crippen LogP contribution in [0.5, 0.6) is 0 Å². The number of rotatable bonds is 4. The van der Waals surface area contributed by atoms with Gasteiger partial charge in [-0.1, -0.05) is 13.3 Å². The topological polar surface area (TPSA) is 58.5 Å². The zero-order valence-electron chi connectivity index (χ0n) is 13.5. The summed E-state index contributed by atoms with van der Waals surface area (Å²) < 4.78 is 6.32. The lowest BCUT2D eigenvalue weighted by Crippen LogP contribution is -2.37. The van der Waals surface area contributed by atoms with Gasteiger partial charge >= 0.3 is 0 Å². The van der Waals surface area contributed by atoms with Gasteiger partial charge in [-0.25, -0.2) is 9.97 Å². The van der Waals surface area contributed by atoms with E-state index in [0.717, 1.165) is 50.4 Å². The summed E-state index contributed by atoms with van der Waals surface area (Å²) in [6.07, 6.45) is 6.59. The molecule has 22 heavy (non-hydrogen) atoms. The van der Waals surface area contributed by atoms with E-state index in [1.165, 1.54) is 5.56 Å². The highest BCUT2D eigenvalue weighted by Gasteiger charge is 2.63. The van der Waals surface area contributed by atoms with Gasteiger partial charge < -0.3 is 14.7 Å². The molecule has 2 bridgehead atoms. The average Bonchev–Trinajstić information content (AvgIpc) is 3.16. The first-order valence-electron chi connectivity index (χ1n) is 8.53. The van der Waals surface area contributed by atoms with E-state index in [0.29, 0.717) is 11.8 Å². The van der Waals surface area contributed by atoms with E-state index in [1.54, 1.807) is 0 Å². The Bertz CT molecular complexity index is 579. The first kappa shape index (κ1) is 14.4. The average molecular weight is 303 g/mol. The van der Waals surface area contributed by atoms with E-state index in [-0.39, 0.29) is 18.3 Å². The Kier molecular flexibility index (Phi) is 3.38. The Morgan fingerprint density at radius 3 is 3.14 bits per heavy atom.